The summed E-state index contributed by atoms with van der Waals surface area (Å²) in [6.45, 7) is 2.16. The molecule has 0 atom stereocenters. The number of rotatable bonds is 2. The van der Waals surface area contributed by atoms with Crippen LogP contribution in [0.3, 0.4) is 0 Å². The second kappa shape index (κ2) is 4.41. The van der Waals surface area contributed by atoms with E-state index in [4.69, 9.17) is 4.98 Å². The van der Waals surface area contributed by atoms with Crippen molar-refractivity contribution in [3.05, 3.63) is 48.3 Å². The van der Waals surface area contributed by atoms with Gasteiger partial charge in [-0.05, 0) is 31.9 Å². The van der Waals surface area contributed by atoms with Gasteiger partial charge in [0.15, 0.2) is 0 Å². The van der Waals surface area contributed by atoms with E-state index in [1.54, 1.807) is 0 Å². The minimum atomic E-state index is 0.652. The minimum absolute atomic E-state index is 0.652. The number of aromatic nitrogens is 5. The van der Waals surface area contributed by atoms with Crippen LogP contribution in [0, 0.1) is 6.92 Å². The third-order valence-corrected chi connectivity index (χ3v) is 4.73. The van der Waals surface area contributed by atoms with E-state index in [-0.39, 0.29) is 0 Å². The largest absolute Gasteiger partial charge is 0.303 e. The predicted octanol–water partition coefficient (Wildman–Crippen LogP) is 3.47. The standard InChI is InChI=1S/C18H17N5/c1-11-17(12-3-4-12)21-18-15-7-13(14-9-20-22(2)10-14)8-19-16(15)5-6-23(11)18/h5-10,12H,3-4H2,1-2H3. The highest BCUT2D eigenvalue weighted by Gasteiger charge is 2.29. The van der Waals surface area contributed by atoms with Crippen molar-refractivity contribution in [3.8, 4) is 11.1 Å². The fourth-order valence-electron chi connectivity index (χ4n) is 3.31. The third kappa shape index (κ3) is 1.89. The van der Waals surface area contributed by atoms with Crippen molar-refractivity contribution in [2.75, 3.05) is 0 Å². The maximum absolute atomic E-state index is 4.94. The molecule has 114 valence electrons. The zero-order valence-electron chi connectivity index (χ0n) is 13.2. The first-order valence-corrected chi connectivity index (χ1v) is 7.97. The van der Waals surface area contributed by atoms with E-state index in [0.29, 0.717) is 5.92 Å². The lowest BCUT2D eigenvalue weighted by atomic mass is 10.1. The second-order valence-electron chi connectivity index (χ2n) is 6.43. The molecule has 4 aromatic rings. The highest BCUT2D eigenvalue weighted by Crippen LogP contribution is 2.41. The van der Waals surface area contributed by atoms with Crippen LogP contribution in [-0.2, 0) is 7.05 Å². The number of nitrogens with zero attached hydrogens (tertiary/aromatic N) is 5. The number of imidazole rings is 1. The lowest BCUT2D eigenvalue weighted by molar-refractivity contribution is 0.768. The molecule has 4 heterocycles. The molecule has 4 aromatic heterocycles. The molecule has 0 saturated heterocycles. The summed E-state index contributed by atoms with van der Waals surface area (Å²) in [6.07, 6.45) is 10.4. The van der Waals surface area contributed by atoms with Crippen LogP contribution in [0.4, 0.5) is 0 Å². The number of pyridine rings is 2. The van der Waals surface area contributed by atoms with E-state index in [1.807, 2.05) is 30.3 Å². The van der Waals surface area contributed by atoms with Crippen LogP contribution < -0.4 is 0 Å². The topological polar surface area (TPSA) is 48.0 Å². The summed E-state index contributed by atoms with van der Waals surface area (Å²) in [4.78, 5) is 9.57. The predicted molar refractivity (Wildman–Crippen MR) is 89.4 cm³/mol. The SMILES string of the molecule is Cc1c(C2CC2)nc2c3cc(-c4cnn(C)c4)cnc3ccn12. The summed E-state index contributed by atoms with van der Waals surface area (Å²) >= 11 is 0. The molecule has 0 bridgehead atoms. The van der Waals surface area contributed by atoms with Crippen LogP contribution in [0.5, 0.6) is 0 Å². The van der Waals surface area contributed by atoms with Crippen LogP contribution in [-0.4, -0.2) is 24.1 Å². The lowest BCUT2D eigenvalue weighted by Gasteiger charge is -2.03. The molecule has 5 heteroatoms. The summed E-state index contributed by atoms with van der Waals surface area (Å²) in [5.74, 6) is 0.652. The third-order valence-electron chi connectivity index (χ3n) is 4.73. The van der Waals surface area contributed by atoms with Gasteiger partial charge in [0.05, 0.1) is 17.4 Å². The highest BCUT2D eigenvalue weighted by molar-refractivity contribution is 5.94. The van der Waals surface area contributed by atoms with Gasteiger partial charge in [-0.25, -0.2) is 4.98 Å². The van der Waals surface area contributed by atoms with Crippen molar-refractivity contribution in [2.24, 2.45) is 7.05 Å². The highest BCUT2D eigenvalue weighted by atomic mass is 15.2. The van der Waals surface area contributed by atoms with E-state index >= 15 is 0 Å². The Balaban J connectivity index is 1.79. The summed E-state index contributed by atoms with van der Waals surface area (Å²) in [5, 5.41) is 5.35. The van der Waals surface area contributed by atoms with Gasteiger partial charge >= 0.3 is 0 Å². The minimum Gasteiger partial charge on any atom is -0.303 e. The van der Waals surface area contributed by atoms with Crippen LogP contribution in [0.25, 0.3) is 27.7 Å². The zero-order valence-corrected chi connectivity index (χ0v) is 13.2. The fraction of sp³-hybridized carbons (Fsp3) is 0.278. The Morgan fingerprint density at radius 2 is 2.04 bits per heavy atom. The molecule has 0 aromatic carbocycles. The quantitative estimate of drug-likeness (QED) is 0.569. The molecule has 1 aliphatic carbocycles. The lowest BCUT2D eigenvalue weighted by Crippen LogP contribution is -1.91. The Bertz CT molecular complexity index is 1050. The maximum Gasteiger partial charge on any atom is 0.146 e. The van der Waals surface area contributed by atoms with Gasteiger partial charge in [0.1, 0.15) is 5.65 Å². The first kappa shape index (κ1) is 12.8. The van der Waals surface area contributed by atoms with E-state index < -0.39 is 0 Å². The summed E-state index contributed by atoms with van der Waals surface area (Å²) in [7, 11) is 1.93. The molecular formula is C18H17N5. The molecule has 5 rings (SSSR count). The molecule has 0 radical (unpaired) electrons. The Morgan fingerprint density at radius 1 is 1.17 bits per heavy atom. The number of hydrogen-bond donors (Lipinski definition) is 0. The molecule has 23 heavy (non-hydrogen) atoms. The molecule has 0 aliphatic heterocycles. The van der Waals surface area contributed by atoms with Crippen molar-refractivity contribution >= 4 is 16.6 Å². The van der Waals surface area contributed by atoms with Gasteiger partial charge in [-0.3, -0.25) is 9.67 Å². The van der Waals surface area contributed by atoms with Crippen molar-refractivity contribution in [1.29, 1.82) is 0 Å². The van der Waals surface area contributed by atoms with E-state index in [9.17, 15) is 0 Å². The molecule has 0 spiro atoms. The van der Waals surface area contributed by atoms with Gasteiger partial charge in [-0.1, -0.05) is 0 Å². The number of aryl methyl sites for hydroxylation is 2. The Kier molecular flexibility index (Phi) is 2.46. The molecule has 1 saturated carbocycles. The first-order chi connectivity index (χ1) is 11.2. The first-order valence-electron chi connectivity index (χ1n) is 7.97. The maximum atomic E-state index is 4.94. The van der Waals surface area contributed by atoms with E-state index in [2.05, 4.69) is 39.7 Å². The van der Waals surface area contributed by atoms with Crippen molar-refractivity contribution in [3.63, 3.8) is 0 Å². The van der Waals surface area contributed by atoms with Gasteiger partial charge in [-0.2, -0.15) is 5.10 Å². The average Bonchev–Trinajstić information content (AvgIpc) is 3.22. The zero-order chi connectivity index (χ0) is 15.6. The normalized spacial score (nSPS) is 14.9. The summed E-state index contributed by atoms with van der Waals surface area (Å²) in [6, 6.07) is 4.25. The fourth-order valence-corrected chi connectivity index (χ4v) is 3.31. The Morgan fingerprint density at radius 3 is 2.78 bits per heavy atom. The van der Waals surface area contributed by atoms with Crippen molar-refractivity contribution < 1.29 is 0 Å². The Labute approximate surface area is 133 Å². The van der Waals surface area contributed by atoms with Crippen LogP contribution >= 0.6 is 0 Å². The summed E-state index contributed by atoms with van der Waals surface area (Å²) in [5.41, 5.74) is 6.67. The molecule has 0 amide bonds. The molecule has 0 N–H and O–H groups in total. The summed E-state index contributed by atoms with van der Waals surface area (Å²) < 4.78 is 4.01. The van der Waals surface area contributed by atoms with E-state index in [0.717, 1.165) is 27.7 Å². The molecular weight excluding hydrogens is 286 g/mol. The molecule has 5 nitrogen and oxygen atoms in total. The molecule has 1 fully saturated rings. The smallest absolute Gasteiger partial charge is 0.146 e. The molecule has 1 aliphatic rings. The van der Waals surface area contributed by atoms with Gasteiger partial charge in [0.25, 0.3) is 0 Å². The van der Waals surface area contributed by atoms with Crippen molar-refractivity contribution in [2.45, 2.75) is 25.7 Å². The Hall–Kier alpha value is -2.69. The number of fused-ring (bicyclic) bond motifs is 3. The second-order valence-corrected chi connectivity index (χ2v) is 6.43. The van der Waals surface area contributed by atoms with Gasteiger partial charge in [0, 0.05) is 53.8 Å². The molecule has 0 unspecified atom stereocenters. The van der Waals surface area contributed by atoms with Gasteiger partial charge in [-0.15, -0.1) is 0 Å². The van der Waals surface area contributed by atoms with Crippen LogP contribution in [0.15, 0.2) is 36.9 Å². The van der Waals surface area contributed by atoms with E-state index in [1.165, 1.54) is 24.2 Å². The number of hydrogen-bond acceptors (Lipinski definition) is 3. The van der Waals surface area contributed by atoms with Gasteiger partial charge in [0.2, 0.25) is 0 Å². The average molecular weight is 303 g/mol. The van der Waals surface area contributed by atoms with Crippen LogP contribution in [0.2, 0.25) is 0 Å². The van der Waals surface area contributed by atoms with Crippen molar-refractivity contribution in [1.82, 2.24) is 24.1 Å². The van der Waals surface area contributed by atoms with Crippen LogP contribution in [0.1, 0.15) is 30.1 Å². The van der Waals surface area contributed by atoms with Gasteiger partial charge < -0.3 is 4.40 Å². The monoisotopic (exact) mass is 303 g/mol.